The van der Waals surface area contributed by atoms with Gasteiger partial charge in [0, 0.05) is 50.6 Å². The first-order valence-electron chi connectivity index (χ1n) is 18.7. The number of rotatable bonds is 6. The fourth-order valence-corrected chi connectivity index (χ4v) is 5.15. The Kier molecular flexibility index (Phi) is 4.27. The van der Waals surface area contributed by atoms with Crippen LogP contribution in [0.15, 0.2) is 162 Å². The predicted molar refractivity (Wildman–Crippen MR) is 178 cm³/mol. The Morgan fingerprint density at radius 2 is 1.07 bits per heavy atom. The van der Waals surface area contributed by atoms with Gasteiger partial charge in [-0.1, -0.05) is 109 Å². The third kappa shape index (κ3) is 4.67. The summed E-state index contributed by atoms with van der Waals surface area (Å²) in [7, 11) is 0. The highest BCUT2D eigenvalue weighted by molar-refractivity contribution is 6.12. The van der Waals surface area contributed by atoms with E-state index in [1.54, 1.807) is 30.3 Å². The van der Waals surface area contributed by atoms with Gasteiger partial charge >= 0.3 is 0 Å². The Morgan fingerprint density at radius 1 is 0.500 bits per heavy atom. The van der Waals surface area contributed by atoms with Crippen LogP contribution >= 0.6 is 0 Å². The molecule has 44 heavy (non-hydrogen) atoms. The van der Waals surface area contributed by atoms with Crippen LogP contribution in [0, 0.1) is 0 Å². The van der Waals surface area contributed by atoms with Crippen molar-refractivity contribution in [3.8, 4) is 34.2 Å². The summed E-state index contributed by atoms with van der Waals surface area (Å²) >= 11 is 0. The summed E-state index contributed by atoms with van der Waals surface area (Å²) in [5.74, 6) is 1.33. The lowest BCUT2D eigenvalue weighted by molar-refractivity contribution is 0.669. The number of fused-ring (bicyclic) bond motifs is 3. The molecule has 0 bridgehead atoms. The molecule has 6 aromatic carbocycles. The minimum Gasteiger partial charge on any atom is -0.456 e. The molecule has 0 unspecified atom stereocenters. The van der Waals surface area contributed by atoms with Crippen molar-refractivity contribution in [2.45, 2.75) is 0 Å². The lowest BCUT2D eigenvalue weighted by Crippen LogP contribution is -2.09. The zero-order valence-corrected chi connectivity index (χ0v) is 22.9. The van der Waals surface area contributed by atoms with Crippen LogP contribution in [0.5, 0.6) is 0 Å². The van der Waals surface area contributed by atoms with Crippen LogP contribution in [0.25, 0.3) is 56.1 Å². The molecule has 0 atom stereocenters. The standard InChI is InChI=1S/C39H26N4O/c1-5-14-27(15-6-1)37-40-38(28-16-7-2-8-17-28)42-39(41-37)33-22-13-23-34-36(33)32-25-24-31(26-35(32)44-34)43(29-18-9-3-10-19-29)30-20-11-4-12-21-30/h1-26H/i3D,4D,9D,10D,11D,12D,18D,19D,20D,21D. The molecule has 5 nitrogen and oxygen atoms in total. The number of hydrogen-bond acceptors (Lipinski definition) is 5. The molecule has 0 radical (unpaired) electrons. The quantitative estimate of drug-likeness (QED) is 0.197. The zero-order valence-electron chi connectivity index (χ0n) is 32.9. The second-order valence-corrected chi connectivity index (χ2v) is 9.78. The summed E-state index contributed by atoms with van der Waals surface area (Å²) in [6.45, 7) is 0. The first-order valence-corrected chi connectivity index (χ1v) is 13.7. The van der Waals surface area contributed by atoms with Gasteiger partial charge in [-0.2, -0.15) is 0 Å². The number of furan rings is 1. The van der Waals surface area contributed by atoms with Gasteiger partial charge in [0.2, 0.25) is 0 Å². The lowest BCUT2D eigenvalue weighted by Gasteiger charge is -2.25. The molecule has 0 aliphatic carbocycles. The van der Waals surface area contributed by atoms with E-state index in [-0.39, 0.29) is 5.69 Å². The van der Waals surface area contributed by atoms with Crippen molar-refractivity contribution in [2.75, 3.05) is 4.90 Å². The molecule has 2 aromatic heterocycles. The van der Waals surface area contributed by atoms with E-state index < -0.39 is 71.8 Å². The first kappa shape index (κ1) is 17.1. The van der Waals surface area contributed by atoms with E-state index in [2.05, 4.69) is 0 Å². The van der Waals surface area contributed by atoms with Crippen molar-refractivity contribution in [3.63, 3.8) is 0 Å². The van der Waals surface area contributed by atoms with Gasteiger partial charge in [0.05, 0.1) is 13.7 Å². The van der Waals surface area contributed by atoms with E-state index in [9.17, 15) is 0 Å². The molecule has 0 spiro atoms. The Morgan fingerprint density at radius 3 is 1.66 bits per heavy atom. The summed E-state index contributed by atoms with van der Waals surface area (Å²) < 4.78 is 91.2. The Balaban J connectivity index is 1.38. The highest BCUT2D eigenvalue weighted by Crippen LogP contribution is 2.40. The second-order valence-electron chi connectivity index (χ2n) is 9.78. The Hall–Kier alpha value is -6.07. The number of anilines is 3. The van der Waals surface area contributed by atoms with Gasteiger partial charge in [-0.25, -0.2) is 15.0 Å². The van der Waals surface area contributed by atoms with Gasteiger partial charge in [0.15, 0.2) is 17.5 Å². The smallest absolute Gasteiger partial charge is 0.164 e. The van der Waals surface area contributed by atoms with E-state index in [0.29, 0.717) is 45.0 Å². The fourth-order valence-electron chi connectivity index (χ4n) is 5.15. The molecule has 0 aliphatic heterocycles. The molecule has 0 amide bonds. The van der Waals surface area contributed by atoms with Crippen molar-refractivity contribution in [1.82, 2.24) is 15.0 Å². The van der Waals surface area contributed by atoms with Crippen molar-refractivity contribution >= 4 is 39.0 Å². The molecular weight excluding hydrogens is 540 g/mol. The molecule has 0 saturated heterocycles. The molecule has 8 rings (SSSR count). The van der Waals surface area contributed by atoms with Crippen LogP contribution in [0.3, 0.4) is 0 Å². The highest BCUT2D eigenvalue weighted by atomic mass is 16.3. The third-order valence-electron chi connectivity index (χ3n) is 7.10. The van der Waals surface area contributed by atoms with Crippen LogP contribution in [0.1, 0.15) is 13.7 Å². The van der Waals surface area contributed by atoms with E-state index in [1.165, 1.54) is 0 Å². The highest BCUT2D eigenvalue weighted by Gasteiger charge is 2.19. The average Bonchev–Trinajstić information content (AvgIpc) is 3.59. The minimum atomic E-state index is -0.653. The molecule has 8 aromatic rings. The van der Waals surface area contributed by atoms with E-state index in [4.69, 9.17) is 33.1 Å². The van der Waals surface area contributed by atoms with Crippen LogP contribution < -0.4 is 4.90 Å². The molecule has 0 aliphatic rings. The van der Waals surface area contributed by atoms with Gasteiger partial charge in [-0.3, -0.25) is 0 Å². The van der Waals surface area contributed by atoms with Crippen molar-refractivity contribution in [3.05, 3.63) is 157 Å². The maximum absolute atomic E-state index is 8.78. The van der Waals surface area contributed by atoms with Crippen LogP contribution in [0.2, 0.25) is 0 Å². The molecule has 208 valence electrons. The summed E-state index contributed by atoms with van der Waals surface area (Å²) in [5.41, 5.74) is 2.34. The van der Waals surface area contributed by atoms with Gasteiger partial charge in [0.25, 0.3) is 0 Å². The normalized spacial score (nSPS) is 14.4. The molecular formula is C39H26N4O. The molecule has 5 heteroatoms. The largest absolute Gasteiger partial charge is 0.456 e. The van der Waals surface area contributed by atoms with Crippen LogP contribution in [-0.4, -0.2) is 15.0 Å². The number of para-hydroxylation sites is 2. The van der Waals surface area contributed by atoms with Gasteiger partial charge in [-0.05, 0) is 42.4 Å². The molecule has 0 fully saturated rings. The minimum absolute atomic E-state index is 0.123. The third-order valence-corrected chi connectivity index (χ3v) is 7.10. The second kappa shape index (κ2) is 11.0. The van der Waals surface area contributed by atoms with E-state index in [1.807, 2.05) is 66.7 Å². The number of benzene rings is 6. The Bertz CT molecular complexity index is 2610. The van der Waals surface area contributed by atoms with E-state index >= 15 is 0 Å². The molecule has 0 saturated carbocycles. The van der Waals surface area contributed by atoms with Gasteiger partial charge in [0.1, 0.15) is 11.2 Å². The maximum atomic E-state index is 8.78. The van der Waals surface area contributed by atoms with Crippen LogP contribution in [0.4, 0.5) is 17.1 Å². The summed E-state index contributed by atoms with van der Waals surface area (Å²) in [6, 6.07) is 23.0. The van der Waals surface area contributed by atoms with E-state index in [0.717, 1.165) is 16.0 Å². The predicted octanol–water partition coefficient (Wildman–Crippen LogP) is 10.2. The van der Waals surface area contributed by atoms with Gasteiger partial charge in [-0.15, -0.1) is 0 Å². The monoisotopic (exact) mass is 576 g/mol. The number of nitrogens with zero attached hydrogens (tertiary/aromatic N) is 4. The molecule has 2 heterocycles. The summed E-state index contributed by atoms with van der Waals surface area (Å²) in [6.07, 6.45) is 0. The fraction of sp³-hybridized carbons (Fsp3) is 0. The van der Waals surface area contributed by atoms with Gasteiger partial charge < -0.3 is 9.32 Å². The average molecular weight is 577 g/mol. The van der Waals surface area contributed by atoms with Crippen LogP contribution in [-0.2, 0) is 0 Å². The lowest BCUT2D eigenvalue weighted by atomic mass is 10.0. The summed E-state index contributed by atoms with van der Waals surface area (Å²) in [5, 5.41) is 1.29. The number of aromatic nitrogens is 3. The van der Waals surface area contributed by atoms with Crippen molar-refractivity contribution in [1.29, 1.82) is 0 Å². The first-order chi connectivity index (χ1) is 26.0. The maximum Gasteiger partial charge on any atom is 0.164 e. The number of hydrogen-bond donors (Lipinski definition) is 0. The zero-order chi connectivity index (χ0) is 38.0. The van der Waals surface area contributed by atoms with Crippen molar-refractivity contribution < 1.29 is 18.1 Å². The molecule has 0 N–H and O–H groups in total. The SMILES string of the molecule is [2H]c1c([2H])c([2H])c(N(c2ccc3c(c2)oc2cccc(-c4nc(-c5ccccc5)nc(-c5ccccc5)n4)c23)c2c([2H])c([2H])c([2H])c([2H])c2[2H])c([2H])c1[2H]. The van der Waals surface area contributed by atoms with Crippen molar-refractivity contribution in [2.24, 2.45) is 0 Å². The summed E-state index contributed by atoms with van der Waals surface area (Å²) in [4.78, 5) is 15.7. The topological polar surface area (TPSA) is 55.1 Å². The Labute approximate surface area is 268 Å².